The maximum absolute atomic E-state index is 7.18. The molecular formula is C92H116O18. The van der Waals surface area contributed by atoms with Gasteiger partial charge in [-0.15, -0.1) is 0 Å². The molecule has 2 aliphatic heterocycles. The molecule has 0 aromatic heterocycles. The van der Waals surface area contributed by atoms with Crippen LogP contribution in [0.25, 0.3) is 0 Å². The highest BCUT2D eigenvalue weighted by molar-refractivity contribution is 5.60. The first-order valence-electron chi connectivity index (χ1n) is 40.0. The molecule has 18 nitrogen and oxygen atoms in total. The van der Waals surface area contributed by atoms with E-state index in [1.807, 2.05) is 55.4 Å². The first-order chi connectivity index (χ1) is 54.2. The van der Waals surface area contributed by atoms with Crippen molar-refractivity contribution in [1.29, 1.82) is 0 Å². The van der Waals surface area contributed by atoms with Gasteiger partial charge in [0.15, 0.2) is 0 Å². The molecule has 0 radical (unpaired) electrons. The summed E-state index contributed by atoms with van der Waals surface area (Å²) in [4.78, 5) is 0. The molecule has 110 heavy (non-hydrogen) atoms. The second-order valence-corrected chi connectivity index (χ2v) is 27.4. The zero-order valence-corrected chi connectivity index (χ0v) is 66.4. The highest BCUT2D eigenvalue weighted by Crippen LogP contribution is 2.44. The van der Waals surface area contributed by atoms with Crippen LogP contribution in [0, 0.1) is 0 Å². The van der Waals surface area contributed by atoms with E-state index in [0.717, 1.165) is 157 Å². The predicted molar refractivity (Wildman–Crippen MR) is 427 cm³/mol. The molecule has 8 aromatic carbocycles. The Bertz CT molecular complexity index is 3460. The van der Waals surface area contributed by atoms with E-state index in [1.54, 1.807) is 0 Å². The molecule has 0 N–H and O–H groups in total. The summed E-state index contributed by atoms with van der Waals surface area (Å²) in [5.41, 5.74) is 19.5. The van der Waals surface area contributed by atoms with Crippen LogP contribution in [0.4, 0.5) is 0 Å². The molecule has 8 aromatic rings. The molecule has 0 fully saturated rings. The van der Waals surface area contributed by atoms with Gasteiger partial charge in [0, 0.05) is 104 Å². The molecular weight excluding hydrogens is 1390 g/mol. The van der Waals surface area contributed by atoms with Gasteiger partial charge < -0.3 is 85.3 Å². The van der Waals surface area contributed by atoms with Crippen molar-refractivity contribution >= 4 is 0 Å². The SMILES string of the molecule is CCOCCOc1c2cccc1Cc1cc3cc(c1OCCOCC)Cc1cccc(c1OCCOCC)Cc1cc(cc(c1OCCOCC)C2)COCc1cc2c(OCCOCC)c(c1)Cc1cccc(c1OCCOCC)Cc1cc(cc(c1OCCOCC)Cc1cccc(c1OCCOCC)C2)COC3. The molecule has 0 atom stereocenters. The van der Waals surface area contributed by atoms with Gasteiger partial charge in [-0.25, -0.2) is 0 Å². The minimum absolute atomic E-state index is 0.262. The summed E-state index contributed by atoms with van der Waals surface area (Å²) >= 11 is 0. The number of benzene rings is 8. The Hall–Kier alpha value is -8.24. The van der Waals surface area contributed by atoms with E-state index in [2.05, 4.69) is 121 Å². The lowest BCUT2D eigenvalue weighted by Crippen LogP contribution is -2.15. The topological polar surface area (TPSA) is 166 Å². The fourth-order valence-corrected chi connectivity index (χ4v) is 14.8. The Balaban J connectivity index is 1.19. The molecule has 12 rings (SSSR count). The van der Waals surface area contributed by atoms with Crippen molar-refractivity contribution in [3.8, 4) is 46.0 Å². The summed E-state index contributed by atoms with van der Waals surface area (Å²) in [5.74, 6) is 6.21. The summed E-state index contributed by atoms with van der Waals surface area (Å²) in [5, 5.41) is 0. The first kappa shape index (κ1) is 82.7. The first-order valence-corrected chi connectivity index (χ1v) is 40.0. The van der Waals surface area contributed by atoms with Crippen LogP contribution in [0.3, 0.4) is 0 Å². The molecule has 592 valence electrons. The van der Waals surface area contributed by atoms with Crippen molar-refractivity contribution in [3.05, 3.63) is 233 Å². The zero-order chi connectivity index (χ0) is 76.5. The maximum Gasteiger partial charge on any atom is 0.126 e. The van der Waals surface area contributed by atoms with Crippen LogP contribution in [0.15, 0.2) is 121 Å². The molecule has 20 bridgehead atoms. The molecule has 4 aliphatic rings. The van der Waals surface area contributed by atoms with E-state index >= 15 is 0 Å². The number of ether oxygens (including phenoxy) is 18. The van der Waals surface area contributed by atoms with E-state index in [4.69, 9.17) is 85.3 Å². The van der Waals surface area contributed by atoms with Crippen molar-refractivity contribution in [2.75, 3.05) is 159 Å². The van der Waals surface area contributed by atoms with Gasteiger partial charge in [-0.2, -0.15) is 0 Å². The molecule has 0 spiro atoms. The smallest absolute Gasteiger partial charge is 0.126 e. The Morgan fingerprint density at radius 2 is 0.327 bits per heavy atom. The Kier molecular flexibility index (Phi) is 33.6. The van der Waals surface area contributed by atoms with Crippen molar-refractivity contribution in [3.63, 3.8) is 0 Å². The minimum Gasteiger partial charge on any atom is -0.491 e. The third kappa shape index (κ3) is 23.4. The van der Waals surface area contributed by atoms with Crippen molar-refractivity contribution in [1.82, 2.24) is 0 Å². The third-order valence-electron chi connectivity index (χ3n) is 19.5. The number of hydrogen-bond donors (Lipinski definition) is 0. The lowest BCUT2D eigenvalue weighted by atomic mass is 9.89. The summed E-state index contributed by atoms with van der Waals surface area (Å²) in [6.45, 7) is 27.5. The van der Waals surface area contributed by atoms with Crippen LogP contribution in [-0.4, -0.2) is 159 Å². The van der Waals surface area contributed by atoms with Crippen LogP contribution in [0.5, 0.6) is 46.0 Å². The normalized spacial score (nSPS) is 13.4. The van der Waals surface area contributed by atoms with Gasteiger partial charge in [-0.3, -0.25) is 0 Å². The van der Waals surface area contributed by atoms with E-state index in [-0.39, 0.29) is 26.4 Å². The van der Waals surface area contributed by atoms with Crippen LogP contribution in [0.1, 0.15) is 167 Å². The van der Waals surface area contributed by atoms with Gasteiger partial charge in [0.05, 0.1) is 79.3 Å². The average Bonchev–Trinajstić information content (AvgIpc) is 0.782. The second kappa shape index (κ2) is 44.7. The maximum atomic E-state index is 7.18. The van der Waals surface area contributed by atoms with Gasteiger partial charge in [-0.05, 0) is 215 Å². The Morgan fingerprint density at radius 1 is 0.191 bits per heavy atom. The van der Waals surface area contributed by atoms with Crippen LogP contribution in [-0.2, 0) is 125 Å². The third-order valence-corrected chi connectivity index (χ3v) is 19.5. The lowest BCUT2D eigenvalue weighted by molar-refractivity contribution is 0.105. The molecule has 2 aliphatic carbocycles. The zero-order valence-electron chi connectivity index (χ0n) is 66.4. The highest BCUT2D eigenvalue weighted by atomic mass is 16.6. The number of rotatable bonds is 40. The Morgan fingerprint density at radius 3 is 0.464 bits per heavy atom. The molecule has 0 saturated heterocycles. The van der Waals surface area contributed by atoms with Gasteiger partial charge in [0.2, 0.25) is 0 Å². The number of hydrogen-bond acceptors (Lipinski definition) is 18. The molecule has 0 saturated carbocycles. The molecule has 2 heterocycles. The minimum atomic E-state index is 0.262. The fraction of sp³-hybridized carbons (Fsp3) is 0.478. The van der Waals surface area contributed by atoms with Gasteiger partial charge in [0.1, 0.15) is 98.9 Å². The fourth-order valence-electron chi connectivity index (χ4n) is 14.8. The standard InChI is InChI=1S/C92H116O18/c1-9-93-29-37-103-85-69-21-17-22-70(85)54-78-46-66-48-80(90(78)108-42-34-98-14-6)56-72-24-18-23-71(86(72)104-38-30-94-10-2)55-79-47-65(45-77(53-69)89(79)107-41-33-97-13-5)61-101-63-67-49-81-57-73-25-19-26-74(87(73)105-39-31-95-11-3)58-82-50-68(64-102-62-66)52-84(92(82)110-44-36-100-16-8)60-76-28-20-27-75(88(76)106-40-32-96-12-4)59-83(51-67)91(81)109-43-35-99-15-7/h17-28,45-52H,9-16,29-44,53-64H2,1-8H3. The highest BCUT2D eigenvalue weighted by Gasteiger charge is 2.28. The van der Waals surface area contributed by atoms with Gasteiger partial charge in [-0.1, -0.05) is 72.8 Å². The summed E-state index contributed by atoms with van der Waals surface area (Å²) in [7, 11) is 0. The van der Waals surface area contributed by atoms with Crippen molar-refractivity contribution in [2.45, 2.75) is 133 Å². The predicted octanol–water partition coefficient (Wildman–Crippen LogP) is 16.1. The molecule has 0 amide bonds. The quantitative estimate of drug-likeness (QED) is 0.0333. The number of para-hydroxylation sites is 4. The number of fused-ring (bicyclic) bond motifs is 4. The van der Waals surface area contributed by atoms with Crippen LogP contribution in [0.2, 0.25) is 0 Å². The van der Waals surface area contributed by atoms with E-state index < -0.39 is 0 Å². The summed E-state index contributed by atoms with van der Waals surface area (Å²) < 4.78 is 119. The van der Waals surface area contributed by atoms with E-state index in [0.29, 0.717) is 210 Å². The monoisotopic (exact) mass is 1510 g/mol. The summed E-state index contributed by atoms with van der Waals surface area (Å²) in [6, 6.07) is 43.9. The van der Waals surface area contributed by atoms with E-state index in [9.17, 15) is 0 Å². The lowest BCUT2D eigenvalue weighted by Gasteiger charge is -2.24. The largest absolute Gasteiger partial charge is 0.491 e. The molecule has 18 heteroatoms. The van der Waals surface area contributed by atoms with Gasteiger partial charge in [0.25, 0.3) is 0 Å². The van der Waals surface area contributed by atoms with Crippen molar-refractivity contribution in [2.24, 2.45) is 0 Å². The van der Waals surface area contributed by atoms with E-state index in [1.165, 1.54) is 0 Å². The van der Waals surface area contributed by atoms with Crippen LogP contribution >= 0.6 is 0 Å². The van der Waals surface area contributed by atoms with Crippen LogP contribution < -0.4 is 37.9 Å². The summed E-state index contributed by atoms with van der Waals surface area (Å²) in [6.07, 6.45) is 3.63. The Labute approximate surface area is 652 Å². The second-order valence-electron chi connectivity index (χ2n) is 27.4. The average molecular weight is 1510 g/mol. The van der Waals surface area contributed by atoms with Crippen molar-refractivity contribution < 1.29 is 85.3 Å². The van der Waals surface area contributed by atoms with Gasteiger partial charge >= 0.3 is 0 Å². The molecule has 0 unspecified atom stereocenters.